The fraction of sp³-hybridized carbons (Fsp3) is 0.231. The molecule has 0 saturated carbocycles. The topological polar surface area (TPSA) is 51.8 Å². The third-order valence-corrected chi connectivity index (χ3v) is 3.90. The first kappa shape index (κ1) is 11.5. The lowest BCUT2D eigenvalue weighted by molar-refractivity contribution is 0.627. The molecule has 0 fully saturated rings. The Bertz CT molecular complexity index is 584. The summed E-state index contributed by atoms with van der Waals surface area (Å²) in [6, 6.07) is 6.39. The molecule has 0 radical (unpaired) electrons. The Hall–Kier alpha value is -1.62. The van der Waals surface area contributed by atoms with Crippen LogP contribution >= 0.6 is 11.8 Å². The monoisotopic (exact) mass is 261 g/mol. The van der Waals surface area contributed by atoms with Gasteiger partial charge in [-0.1, -0.05) is 12.1 Å². The Morgan fingerprint density at radius 3 is 2.72 bits per heavy atom. The van der Waals surface area contributed by atoms with Crippen molar-refractivity contribution in [1.82, 2.24) is 9.97 Å². The van der Waals surface area contributed by atoms with E-state index in [9.17, 15) is 4.39 Å². The summed E-state index contributed by atoms with van der Waals surface area (Å²) in [7, 11) is 0. The minimum absolute atomic E-state index is 0.232. The van der Waals surface area contributed by atoms with Gasteiger partial charge in [-0.05, 0) is 17.7 Å². The van der Waals surface area contributed by atoms with Crippen molar-refractivity contribution in [2.45, 2.75) is 17.9 Å². The van der Waals surface area contributed by atoms with Gasteiger partial charge in [-0.2, -0.15) is 11.8 Å². The van der Waals surface area contributed by atoms with E-state index in [4.69, 9.17) is 5.73 Å². The van der Waals surface area contributed by atoms with Crippen molar-refractivity contribution in [2.24, 2.45) is 0 Å². The number of halogens is 1. The summed E-state index contributed by atoms with van der Waals surface area (Å²) in [5, 5.41) is 0. The minimum atomic E-state index is -0.232. The second kappa shape index (κ2) is 4.57. The van der Waals surface area contributed by atoms with Crippen LogP contribution < -0.4 is 5.73 Å². The summed E-state index contributed by atoms with van der Waals surface area (Å²) in [5.74, 6) is 2.86. The molecule has 1 aromatic carbocycles. The predicted octanol–water partition coefficient (Wildman–Crippen LogP) is 2.54. The Morgan fingerprint density at radius 2 is 1.94 bits per heavy atom. The lowest BCUT2D eigenvalue weighted by Crippen LogP contribution is -2.06. The molecule has 3 rings (SSSR count). The third-order valence-electron chi connectivity index (χ3n) is 2.93. The van der Waals surface area contributed by atoms with Crippen molar-refractivity contribution in [1.29, 1.82) is 0 Å². The molecular weight excluding hydrogens is 249 g/mol. The Kier molecular flexibility index (Phi) is 2.91. The zero-order chi connectivity index (χ0) is 12.5. The largest absolute Gasteiger partial charge is 0.383 e. The molecule has 1 aromatic heterocycles. The SMILES string of the molecule is Nc1nc(Cc2ccc(F)cc2)nc2c1CSC2. The fourth-order valence-corrected chi connectivity index (χ4v) is 3.05. The zero-order valence-corrected chi connectivity index (χ0v) is 10.5. The molecule has 0 bridgehead atoms. The average Bonchev–Trinajstić information content (AvgIpc) is 2.81. The van der Waals surface area contributed by atoms with E-state index in [1.54, 1.807) is 23.9 Å². The summed E-state index contributed by atoms with van der Waals surface area (Å²) in [6.07, 6.45) is 0.586. The first-order chi connectivity index (χ1) is 8.72. The number of hydrogen-bond donors (Lipinski definition) is 1. The first-order valence-corrected chi connectivity index (χ1v) is 6.84. The van der Waals surface area contributed by atoms with E-state index in [1.807, 2.05) is 0 Å². The van der Waals surface area contributed by atoms with Crippen LogP contribution in [0.3, 0.4) is 0 Å². The first-order valence-electron chi connectivity index (χ1n) is 5.69. The van der Waals surface area contributed by atoms with Gasteiger partial charge in [0.15, 0.2) is 0 Å². The van der Waals surface area contributed by atoms with E-state index in [2.05, 4.69) is 9.97 Å². The van der Waals surface area contributed by atoms with E-state index in [-0.39, 0.29) is 5.82 Å². The van der Waals surface area contributed by atoms with Gasteiger partial charge in [0, 0.05) is 23.5 Å². The maximum absolute atomic E-state index is 12.8. The highest BCUT2D eigenvalue weighted by molar-refractivity contribution is 7.98. The number of aromatic nitrogens is 2. The van der Waals surface area contributed by atoms with Gasteiger partial charge in [0.25, 0.3) is 0 Å². The molecule has 0 aliphatic carbocycles. The number of rotatable bonds is 2. The maximum atomic E-state index is 12.8. The van der Waals surface area contributed by atoms with Gasteiger partial charge in [0.1, 0.15) is 17.5 Å². The molecule has 2 N–H and O–H groups in total. The quantitative estimate of drug-likeness (QED) is 0.902. The number of fused-ring (bicyclic) bond motifs is 1. The highest BCUT2D eigenvalue weighted by Crippen LogP contribution is 2.31. The van der Waals surface area contributed by atoms with Crippen LogP contribution in [0.4, 0.5) is 10.2 Å². The Morgan fingerprint density at radius 1 is 1.17 bits per heavy atom. The molecule has 0 atom stereocenters. The van der Waals surface area contributed by atoms with Crippen LogP contribution in [0.5, 0.6) is 0 Å². The Labute approximate surface area is 109 Å². The van der Waals surface area contributed by atoms with Crippen molar-refractivity contribution in [2.75, 3.05) is 5.73 Å². The molecule has 0 saturated heterocycles. The van der Waals surface area contributed by atoms with Crippen LogP contribution in [0.1, 0.15) is 22.6 Å². The number of thioether (sulfide) groups is 1. The summed E-state index contributed by atoms with van der Waals surface area (Å²) in [4.78, 5) is 8.85. The standard InChI is InChI=1S/C13H12FN3S/c14-9-3-1-8(2-4-9)5-12-16-11-7-18-6-10(11)13(15)17-12/h1-4H,5-7H2,(H2,15,16,17). The number of nitrogen functional groups attached to an aromatic ring is 1. The predicted molar refractivity (Wildman–Crippen MR) is 70.6 cm³/mol. The normalized spacial score (nSPS) is 13.6. The van der Waals surface area contributed by atoms with Gasteiger partial charge in [0.05, 0.1) is 5.69 Å². The lowest BCUT2D eigenvalue weighted by atomic mass is 10.1. The Balaban J connectivity index is 1.89. The zero-order valence-electron chi connectivity index (χ0n) is 9.69. The molecule has 0 unspecified atom stereocenters. The average molecular weight is 261 g/mol. The van der Waals surface area contributed by atoms with Gasteiger partial charge >= 0.3 is 0 Å². The van der Waals surface area contributed by atoms with Crippen molar-refractivity contribution in [3.8, 4) is 0 Å². The van der Waals surface area contributed by atoms with E-state index in [1.165, 1.54) is 12.1 Å². The second-order valence-corrected chi connectivity index (χ2v) is 5.23. The second-order valence-electron chi connectivity index (χ2n) is 4.25. The highest BCUT2D eigenvalue weighted by Gasteiger charge is 2.18. The molecule has 2 heterocycles. The van der Waals surface area contributed by atoms with Gasteiger partial charge in [-0.25, -0.2) is 14.4 Å². The van der Waals surface area contributed by atoms with Crippen molar-refractivity contribution in [3.05, 3.63) is 52.7 Å². The molecule has 0 amide bonds. The number of hydrogen-bond acceptors (Lipinski definition) is 4. The van der Waals surface area contributed by atoms with Crippen molar-refractivity contribution >= 4 is 17.6 Å². The van der Waals surface area contributed by atoms with Gasteiger partial charge in [-0.3, -0.25) is 0 Å². The van der Waals surface area contributed by atoms with Crippen LogP contribution in [0.15, 0.2) is 24.3 Å². The van der Waals surface area contributed by atoms with E-state index in [0.717, 1.165) is 28.3 Å². The maximum Gasteiger partial charge on any atom is 0.135 e. The van der Waals surface area contributed by atoms with Crippen LogP contribution in [0.2, 0.25) is 0 Å². The molecule has 3 nitrogen and oxygen atoms in total. The number of anilines is 1. The van der Waals surface area contributed by atoms with Crippen LogP contribution in [-0.2, 0) is 17.9 Å². The molecule has 0 spiro atoms. The molecule has 2 aromatic rings. The van der Waals surface area contributed by atoms with E-state index in [0.29, 0.717) is 18.1 Å². The molecule has 1 aliphatic rings. The van der Waals surface area contributed by atoms with Gasteiger partial charge < -0.3 is 5.73 Å². The van der Waals surface area contributed by atoms with E-state index >= 15 is 0 Å². The van der Waals surface area contributed by atoms with E-state index < -0.39 is 0 Å². The molecule has 5 heteroatoms. The highest BCUT2D eigenvalue weighted by atomic mass is 32.2. The van der Waals surface area contributed by atoms with Crippen LogP contribution in [-0.4, -0.2) is 9.97 Å². The molecule has 18 heavy (non-hydrogen) atoms. The lowest BCUT2D eigenvalue weighted by Gasteiger charge is -2.06. The minimum Gasteiger partial charge on any atom is -0.383 e. The number of nitrogens with two attached hydrogens (primary N) is 1. The van der Waals surface area contributed by atoms with Crippen LogP contribution in [0.25, 0.3) is 0 Å². The fourth-order valence-electron chi connectivity index (χ4n) is 1.99. The van der Waals surface area contributed by atoms with Crippen molar-refractivity contribution < 1.29 is 4.39 Å². The number of nitrogens with zero attached hydrogens (tertiary/aromatic N) is 2. The van der Waals surface area contributed by atoms with Crippen molar-refractivity contribution in [3.63, 3.8) is 0 Å². The molecule has 92 valence electrons. The summed E-state index contributed by atoms with van der Waals surface area (Å²) in [5.41, 5.74) is 9.03. The summed E-state index contributed by atoms with van der Waals surface area (Å²) in [6.45, 7) is 0. The smallest absolute Gasteiger partial charge is 0.135 e. The molecule has 1 aliphatic heterocycles. The summed E-state index contributed by atoms with van der Waals surface area (Å²) >= 11 is 1.80. The summed E-state index contributed by atoms with van der Waals surface area (Å²) < 4.78 is 12.8. The third kappa shape index (κ3) is 2.18. The van der Waals surface area contributed by atoms with Gasteiger partial charge in [0.2, 0.25) is 0 Å². The molecular formula is C13H12FN3S. The van der Waals surface area contributed by atoms with Gasteiger partial charge in [-0.15, -0.1) is 0 Å². The number of benzene rings is 1. The van der Waals surface area contributed by atoms with Crippen LogP contribution in [0, 0.1) is 5.82 Å².